The van der Waals surface area contributed by atoms with E-state index in [2.05, 4.69) is 176 Å². The molecule has 0 fully saturated rings. The summed E-state index contributed by atoms with van der Waals surface area (Å²) in [4.78, 5) is 0. The molecule has 0 aliphatic carbocycles. The van der Waals surface area contributed by atoms with E-state index in [1.54, 1.807) is 0 Å². The molecule has 1 nitrogen and oxygen atoms in total. The average Bonchev–Trinajstić information content (AvgIpc) is 3.80. The summed E-state index contributed by atoms with van der Waals surface area (Å²) in [6, 6.07) is 66.7. The lowest BCUT2D eigenvalue weighted by atomic mass is 9.85. The van der Waals surface area contributed by atoms with Crippen LogP contribution in [0.3, 0.4) is 0 Å². The zero-order chi connectivity index (χ0) is 35.3. The molecular formula is C52H30OS. The number of thiophene rings is 1. The molecule has 250 valence electrons. The highest BCUT2D eigenvalue weighted by Gasteiger charge is 2.21. The normalized spacial score (nSPS) is 12.1. The third kappa shape index (κ3) is 4.26. The lowest BCUT2D eigenvalue weighted by molar-refractivity contribution is 0.670. The van der Waals surface area contributed by atoms with Gasteiger partial charge in [0.2, 0.25) is 0 Å². The standard InChI is InChI=1S/C52H30OS/c1-2-14-32-29-48-45(28-31(32)13-1)46-30-44(35-17-3-8-23-42(35)52(46)54-48)33-15-11-16-34(27-33)49-37-19-4-6-21-39(37)50(40-22-7-5-20-38(40)49)43-25-12-24-41-36-18-9-10-26-47(36)53-51(41)43/h1-30H. The minimum Gasteiger partial charge on any atom is -0.455 e. The number of benzene rings is 10. The van der Waals surface area contributed by atoms with E-state index in [0.29, 0.717) is 0 Å². The van der Waals surface area contributed by atoms with Crippen molar-refractivity contribution >= 4 is 96.5 Å². The first-order valence-electron chi connectivity index (χ1n) is 18.5. The van der Waals surface area contributed by atoms with Crippen molar-refractivity contribution in [1.82, 2.24) is 0 Å². The van der Waals surface area contributed by atoms with Gasteiger partial charge >= 0.3 is 0 Å². The summed E-state index contributed by atoms with van der Waals surface area (Å²) < 4.78 is 9.30. The Balaban J connectivity index is 1.12. The minimum absolute atomic E-state index is 0.913. The lowest BCUT2D eigenvalue weighted by Gasteiger charge is -2.18. The van der Waals surface area contributed by atoms with Crippen molar-refractivity contribution in [2.75, 3.05) is 0 Å². The Bertz CT molecular complexity index is 3450. The first-order valence-corrected chi connectivity index (χ1v) is 19.3. The number of hydrogen-bond acceptors (Lipinski definition) is 2. The van der Waals surface area contributed by atoms with Crippen LogP contribution in [0.1, 0.15) is 0 Å². The highest BCUT2D eigenvalue weighted by Crippen LogP contribution is 2.48. The van der Waals surface area contributed by atoms with E-state index < -0.39 is 0 Å². The van der Waals surface area contributed by atoms with Crippen LogP contribution in [0.25, 0.3) is 119 Å². The van der Waals surface area contributed by atoms with Crippen molar-refractivity contribution in [3.63, 3.8) is 0 Å². The van der Waals surface area contributed by atoms with Gasteiger partial charge in [-0.3, -0.25) is 0 Å². The molecular weight excluding hydrogens is 673 g/mol. The second-order valence-corrected chi connectivity index (χ2v) is 15.4. The quantitative estimate of drug-likeness (QED) is 0.167. The summed E-state index contributed by atoms with van der Waals surface area (Å²) in [5.41, 5.74) is 9.10. The van der Waals surface area contributed by atoms with Gasteiger partial charge in [0, 0.05) is 47.5 Å². The van der Waals surface area contributed by atoms with Crippen molar-refractivity contribution in [3.8, 4) is 33.4 Å². The Kier molecular flexibility index (Phi) is 6.28. The fraction of sp³-hybridized carbons (Fsp3) is 0. The summed E-state index contributed by atoms with van der Waals surface area (Å²) in [6.07, 6.45) is 0. The second-order valence-electron chi connectivity index (χ2n) is 14.3. The van der Waals surface area contributed by atoms with Crippen LogP contribution in [-0.2, 0) is 0 Å². The molecule has 2 heteroatoms. The molecule has 2 aromatic heterocycles. The fourth-order valence-electron chi connectivity index (χ4n) is 9.04. The highest BCUT2D eigenvalue weighted by molar-refractivity contribution is 7.26. The van der Waals surface area contributed by atoms with Crippen LogP contribution in [0.5, 0.6) is 0 Å². The first kappa shape index (κ1) is 29.8. The molecule has 10 aromatic carbocycles. The number of hydrogen-bond donors (Lipinski definition) is 0. The van der Waals surface area contributed by atoms with Gasteiger partial charge in [0.05, 0.1) is 0 Å². The molecule has 0 radical (unpaired) electrons. The number of fused-ring (bicyclic) bond motifs is 11. The predicted molar refractivity (Wildman–Crippen MR) is 233 cm³/mol. The molecule has 0 saturated heterocycles. The van der Waals surface area contributed by atoms with Crippen LogP contribution in [0.4, 0.5) is 0 Å². The SMILES string of the molecule is c1cc(-c2c3ccccc3c(-c3cccc4c3oc3ccccc34)c3ccccc23)cc(-c2cc3c4cc5ccccc5cc4sc3c3ccccc23)c1. The van der Waals surface area contributed by atoms with Crippen LogP contribution in [0.2, 0.25) is 0 Å². The Morgan fingerprint density at radius 2 is 0.907 bits per heavy atom. The molecule has 54 heavy (non-hydrogen) atoms. The van der Waals surface area contributed by atoms with E-state index in [1.165, 1.54) is 91.1 Å². The predicted octanol–water partition coefficient (Wildman–Crippen LogP) is 15.6. The first-order chi connectivity index (χ1) is 26.8. The Morgan fingerprint density at radius 1 is 0.333 bits per heavy atom. The second kappa shape index (κ2) is 11.4. The molecule has 0 aliphatic heterocycles. The number of furan rings is 1. The molecule has 12 aromatic rings. The average molecular weight is 703 g/mol. The van der Waals surface area contributed by atoms with E-state index in [9.17, 15) is 0 Å². The number of rotatable bonds is 3. The topological polar surface area (TPSA) is 13.1 Å². The molecule has 0 spiro atoms. The van der Waals surface area contributed by atoms with E-state index >= 15 is 0 Å². The van der Waals surface area contributed by atoms with Gasteiger partial charge in [0.25, 0.3) is 0 Å². The third-order valence-electron chi connectivity index (χ3n) is 11.4. The van der Waals surface area contributed by atoms with Gasteiger partial charge in [-0.05, 0) is 90.3 Å². The number of para-hydroxylation sites is 2. The summed E-state index contributed by atoms with van der Waals surface area (Å²) >= 11 is 1.91. The van der Waals surface area contributed by atoms with E-state index in [4.69, 9.17) is 4.42 Å². The van der Waals surface area contributed by atoms with Crippen LogP contribution in [0.15, 0.2) is 186 Å². The third-order valence-corrected chi connectivity index (χ3v) is 12.6. The van der Waals surface area contributed by atoms with Gasteiger partial charge < -0.3 is 4.42 Å². The highest BCUT2D eigenvalue weighted by atomic mass is 32.1. The molecule has 0 N–H and O–H groups in total. The molecule has 0 bridgehead atoms. The summed E-state index contributed by atoms with van der Waals surface area (Å²) in [7, 11) is 0. The van der Waals surface area contributed by atoms with Crippen LogP contribution < -0.4 is 0 Å². The van der Waals surface area contributed by atoms with Gasteiger partial charge in [-0.25, -0.2) is 0 Å². The van der Waals surface area contributed by atoms with Gasteiger partial charge in [-0.1, -0.05) is 152 Å². The zero-order valence-electron chi connectivity index (χ0n) is 29.1. The zero-order valence-corrected chi connectivity index (χ0v) is 30.0. The van der Waals surface area contributed by atoms with Crippen LogP contribution >= 0.6 is 11.3 Å². The smallest absolute Gasteiger partial charge is 0.143 e. The van der Waals surface area contributed by atoms with E-state index in [0.717, 1.165) is 27.5 Å². The maximum Gasteiger partial charge on any atom is 0.143 e. The van der Waals surface area contributed by atoms with E-state index in [1.807, 2.05) is 17.4 Å². The van der Waals surface area contributed by atoms with Crippen LogP contribution in [-0.4, -0.2) is 0 Å². The summed E-state index contributed by atoms with van der Waals surface area (Å²) in [6.45, 7) is 0. The van der Waals surface area contributed by atoms with Crippen molar-refractivity contribution in [2.24, 2.45) is 0 Å². The Labute approximate surface area is 314 Å². The Morgan fingerprint density at radius 3 is 1.67 bits per heavy atom. The van der Waals surface area contributed by atoms with Gasteiger partial charge in [-0.2, -0.15) is 0 Å². The van der Waals surface area contributed by atoms with Gasteiger partial charge in [-0.15, -0.1) is 11.3 Å². The maximum atomic E-state index is 6.62. The minimum atomic E-state index is 0.913. The summed E-state index contributed by atoms with van der Waals surface area (Å²) in [5.74, 6) is 0. The van der Waals surface area contributed by atoms with Gasteiger partial charge in [0.15, 0.2) is 0 Å². The molecule has 0 aliphatic rings. The molecule has 12 rings (SSSR count). The monoisotopic (exact) mass is 702 g/mol. The molecule has 2 heterocycles. The van der Waals surface area contributed by atoms with Crippen molar-refractivity contribution in [2.45, 2.75) is 0 Å². The van der Waals surface area contributed by atoms with Gasteiger partial charge in [0.1, 0.15) is 11.2 Å². The van der Waals surface area contributed by atoms with Crippen LogP contribution in [0, 0.1) is 0 Å². The maximum absolute atomic E-state index is 6.62. The molecule has 0 unspecified atom stereocenters. The largest absolute Gasteiger partial charge is 0.455 e. The van der Waals surface area contributed by atoms with E-state index in [-0.39, 0.29) is 0 Å². The van der Waals surface area contributed by atoms with Crippen molar-refractivity contribution < 1.29 is 4.42 Å². The Hall–Kier alpha value is -6.74. The molecule has 0 amide bonds. The molecule has 0 saturated carbocycles. The molecule has 0 atom stereocenters. The lowest BCUT2D eigenvalue weighted by Crippen LogP contribution is -1.91. The summed E-state index contributed by atoms with van der Waals surface area (Å²) in [5, 5.41) is 15.0. The van der Waals surface area contributed by atoms with Crippen molar-refractivity contribution in [3.05, 3.63) is 182 Å². The fourth-order valence-corrected chi connectivity index (χ4v) is 10.3. The van der Waals surface area contributed by atoms with Crippen molar-refractivity contribution in [1.29, 1.82) is 0 Å².